The van der Waals surface area contributed by atoms with E-state index in [9.17, 15) is 15.0 Å². The van der Waals surface area contributed by atoms with Gasteiger partial charge in [0.2, 0.25) is 5.91 Å². The molecule has 1 amide bonds. The Morgan fingerprint density at radius 2 is 2.04 bits per heavy atom. The van der Waals surface area contributed by atoms with Gasteiger partial charge in [-0.1, -0.05) is 29.3 Å². The highest BCUT2D eigenvalue weighted by Gasteiger charge is 2.44. The number of rotatable bonds is 5. The van der Waals surface area contributed by atoms with Gasteiger partial charge >= 0.3 is 0 Å². The van der Waals surface area contributed by atoms with E-state index in [4.69, 9.17) is 37.8 Å². The van der Waals surface area contributed by atoms with Gasteiger partial charge in [-0.25, -0.2) is 0 Å². The van der Waals surface area contributed by atoms with Crippen LogP contribution in [0.15, 0.2) is 24.3 Å². The SMILES string of the molecule is COC1O[C@H](CO)[C@@H](O)[C@H](O)[C@H]1NC(=O)C=Cc1ccc(Cl)c(Cl)c1. The third kappa shape index (κ3) is 4.92. The van der Waals surface area contributed by atoms with Gasteiger partial charge in [0.1, 0.15) is 24.4 Å². The number of carbonyl (C=O) groups excluding carboxylic acids is 1. The summed E-state index contributed by atoms with van der Waals surface area (Å²) in [5.74, 6) is -0.532. The van der Waals surface area contributed by atoms with Crippen molar-refractivity contribution >= 4 is 35.2 Å². The second-order valence-corrected chi connectivity index (χ2v) is 6.30. The first-order chi connectivity index (χ1) is 11.9. The number of nitrogens with one attached hydrogen (secondary N) is 1. The van der Waals surface area contributed by atoms with E-state index in [0.717, 1.165) is 0 Å². The molecule has 1 heterocycles. The minimum Gasteiger partial charge on any atom is -0.394 e. The molecular formula is C16H19Cl2NO6. The minimum absolute atomic E-state index is 0.359. The maximum absolute atomic E-state index is 12.1. The summed E-state index contributed by atoms with van der Waals surface area (Å²) >= 11 is 11.7. The van der Waals surface area contributed by atoms with Crippen molar-refractivity contribution in [1.29, 1.82) is 0 Å². The molecule has 5 atom stereocenters. The Labute approximate surface area is 154 Å². The summed E-state index contributed by atoms with van der Waals surface area (Å²) in [6, 6.07) is 3.88. The molecule has 25 heavy (non-hydrogen) atoms. The lowest BCUT2D eigenvalue weighted by Crippen LogP contribution is -2.64. The molecule has 0 bridgehead atoms. The summed E-state index contributed by atoms with van der Waals surface area (Å²) in [4.78, 5) is 12.1. The van der Waals surface area contributed by atoms with Crippen LogP contribution in [0.3, 0.4) is 0 Å². The molecule has 1 unspecified atom stereocenters. The Hall–Kier alpha value is -1.19. The van der Waals surface area contributed by atoms with Gasteiger partial charge in [-0.2, -0.15) is 0 Å². The van der Waals surface area contributed by atoms with Gasteiger partial charge in [-0.05, 0) is 23.8 Å². The average Bonchev–Trinajstić information content (AvgIpc) is 2.60. The Bertz CT molecular complexity index is 639. The van der Waals surface area contributed by atoms with E-state index in [0.29, 0.717) is 15.6 Å². The molecule has 4 N–H and O–H groups in total. The maximum Gasteiger partial charge on any atom is 0.244 e. The largest absolute Gasteiger partial charge is 0.394 e. The Morgan fingerprint density at radius 1 is 1.32 bits per heavy atom. The molecule has 138 valence electrons. The lowest BCUT2D eigenvalue weighted by Gasteiger charge is -2.41. The second kappa shape index (κ2) is 8.95. The van der Waals surface area contributed by atoms with Crippen LogP contribution >= 0.6 is 23.2 Å². The number of aliphatic hydroxyl groups is 3. The Morgan fingerprint density at radius 3 is 2.64 bits per heavy atom. The van der Waals surface area contributed by atoms with Gasteiger partial charge in [0.15, 0.2) is 6.29 Å². The van der Waals surface area contributed by atoms with Crippen LogP contribution in [0.25, 0.3) is 6.08 Å². The fourth-order valence-corrected chi connectivity index (χ4v) is 2.74. The zero-order valence-electron chi connectivity index (χ0n) is 13.3. The number of methoxy groups -OCH3 is 1. The van der Waals surface area contributed by atoms with Crippen LogP contribution in [-0.2, 0) is 14.3 Å². The predicted molar refractivity (Wildman–Crippen MR) is 92.2 cm³/mol. The van der Waals surface area contributed by atoms with Crippen LogP contribution in [0.5, 0.6) is 0 Å². The number of ether oxygens (including phenoxy) is 2. The summed E-state index contributed by atoms with van der Waals surface area (Å²) in [5.41, 5.74) is 0.661. The van der Waals surface area contributed by atoms with Crippen LogP contribution in [0.4, 0.5) is 0 Å². The number of amides is 1. The summed E-state index contributed by atoms with van der Waals surface area (Å²) < 4.78 is 10.4. The smallest absolute Gasteiger partial charge is 0.244 e. The second-order valence-electron chi connectivity index (χ2n) is 5.48. The minimum atomic E-state index is -1.36. The molecule has 0 radical (unpaired) electrons. The third-order valence-electron chi connectivity index (χ3n) is 3.79. The number of hydrogen-bond acceptors (Lipinski definition) is 6. The molecule has 1 aromatic rings. The van der Waals surface area contributed by atoms with Crippen molar-refractivity contribution in [2.75, 3.05) is 13.7 Å². The molecule has 1 fully saturated rings. The fraction of sp³-hybridized carbons (Fsp3) is 0.438. The van der Waals surface area contributed by atoms with Crippen LogP contribution in [-0.4, -0.2) is 65.6 Å². The fourth-order valence-electron chi connectivity index (χ4n) is 2.44. The Balaban J connectivity index is 2.04. The third-order valence-corrected chi connectivity index (χ3v) is 4.53. The predicted octanol–water partition coefficient (Wildman–Crippen LogP) is 0.577. The van der Waals surface area contributed by atoms with Gasteiger partial charge in [0.25, 0.3) is 0 Å². The monoisotopic (exact) mass is 391 g/mol. The van der Waals surface area contributed by atoms with Crippen molar-refractivity contribution < 1.29 is 29.6 Å². The van der Waals surface area contributed by atoms with Crippen LogP contribution in [0.1, 0.15) is 5.56 Å². The van der Waals surface area contributed by atoms with E-state index in [1.54, 1.807) is 18.2 Å². The van der Waals surface area contributed by atoms with Crippen LogP contribution in [0, 0.1) is 0 Å². The molecule has 7 nitrogen and oxygen atoms in total. The molecule has 9 heteroatoms. The van der Waals surface area contributed by atoms with Crippen molar-refractivity contribution in [3.05, 3.63) is 39.9 Å². The van der Waals surface area contributed by atoms with E-state index in [-0.39, 0.29) is 0 Å². The van der Waals surface area contributed by atoms with Crippen LogP contribution in [0.2, 0.25) is 10.0 Å². The molecule has 0 spiro atoms. The van der Waals surface area contributed by atoms with Crippen molar-refractivity contribution in [2.45, 2.75) is 30.6 Å². The maximum atomic E-state index is 12.1. The van der Waals surface area contributed by atoms with Crippen LogP contribution < -0.4 is 5.32 Å². The van der Waals surface area contributed by atoms with Crippen molar-refractivity contribution in [3.8, 4) is 0 Å². The first kappa shape index (κ1) is 20.1. The number of benzene rings is 1. The van der Waals surface area contributed by atoms with Gasteiger partial charge < -0.3 is 30.1 Å². The number of aliphatic hydroxyl groups excluding tert-OH is 3. The Kier molecular flexibility index (Phi) is 7.21. The average molecular weight is 392 g/mol. The molecule has 1 aliphatic rings. The summed E-state index contributed by atoms with van der Waals surface area (Å²) in [7, 11) is 1.33. The van der Waals surface area contributed by atoms with E-state index in [1.807, 2.05) is 0 Å². The summed E-state index contributed by atoms with van der Waals surface area (Å²) in [5, 5.41) is 32.5. The number of hydrogen-bond donors (Lipinski definition) is 4. The molecule has 1 saturated heterocycles. The molecule has 0 saturated carbocycles. The summed E-state index contributed by atoms with van der Waals surface area (Å²) in [6.45, 7) is -0.490. The first-order valence-electron chi connectivity index (χ1n) is 7.46. The molecule has 2 rings (SSSR count). The lowest BCUT2D eigenvalue weighted by atomic mass is 9.97. The number of carbonyl (C=O) groups is 1. The van der Waals surface area contributed by atoms with Gasteiger partial charge in [0, 0.05) is 13.2 Å². The van der Waals surface area contributed by atoms with Gasteiger partial charge in [-0.3, -0.25) is 4.79 Å². The van der Waals surface area contributed by atoms with E-state index in [1.165, 1.54) is 19.3 Å². The summed E-state index contributed by atoms with van der Waals surface area (Å²) in [6.07, 6.45) is -1.98. The van der Waals surface area contributed by atoms with Gasteiger partial charge in [0.05, 0.1) is 16.7 Å². The first-order valence-corrected chi connectivity index (χ1v) is 8.21. The zero-order chi connectivity index (χ0) is 18.6. The van der Waals surface area contributed by atoms with Crippen molar-refractivity contribution in [3.63, 3.8) is 0 Å². The highest BCUT2D eigenvalue weighted by molar-refractivity contribution is 6.42. The van der Waals surface area contributed by atoms with E-state index < -0.39 is 43.2 Å². The topological polar surface area (TPSA) is 108 Å². The standard InChI is InChI=1S/C16H19Cl2NO6/c1-24-16-13(15(23)14(22)11(7-20)25-16)19-12(21)5-3-8-2-4-9(17)10(18)6-8/h2-6,11,13-16,20,22-23H,7H2,1H3,(H,19,21)/t11-,13-,14-,15-,16?/m1/s1. The highest BCUT2D eigenvalue weighted by atomic mass is 35.5. The molecular weight excluding hydrogens is 373 g/mol. The molecule has 0 aliphatic carbocycles. The van der Waals surface area contributed by atoms with E-state index >= 15 is 0 Å². The van der Waals surface area contributed by atoms with Crippen molar-refractivity contribution in [1.82, 2.24) is 5.32 Å². The molecule has 1 aliphatic heterocycles. The quantitative estimate of drug-likeness (QED) is 0.546. The molecule has 0 aromatic heterocycles. The zero-order valence-corrected chi connectivity index (χ0v) is 14.8. The number of halogens is 2. The van der Waals surface area contributed by atoms with E-state index in [2.05, 4.69) is 5.32 Å². The normalized spacial score (nSPS) is 29.8. The molecule has 1 aromatic carbocycles. The lowest BCUT2D eigenvalue weighted by molar-refractivity contribution is -0.262. The highest BCUT2D eigenvalue weighted by Crippen LogP contribution is 2.23. The van der Waals surface area contributed by atoms with Gasteiger partial charge in [-0.15, -0.1) is 0 Å². The van der Waals surface area contributed by atoms with Crippen molar-refractivity contribution in [2.24, 2.45) is 0 Å².